The number of hydrogen-bond acceptors (Lipinski definition) is 2. The van der Waals surface area contributed by atoms with Crippen LogP contribution in [0, 0.1) is 17.8 Å². The fourth-order valence-electron chi connectivity index (χ4n) is 3.67. The summed E-state index contributed by atoms with van der Waals surface area (Å²) in [6, 6.07) is 1.23. The Balaban J connectivity index is 1.88. The minimum Gasteiger partial charge on any atom is -0.327 e. The average molecular weight is 224 g/mol. The molecule has 1 aliphatic carbocycles. The van der Waals surface area contributed by atoms with E-state index in [0.29, 0.717) is 6.04 Å². The first-order valence-electron chi connectivity index (χ1n) is 7.06. The zero-order valence-electron chi connectivity index (χ0n) is 11.2. The van der Waals surface area contributed by atoms with Crippen LogP contribution in [0.1, 0.15) is 46.5 Å². The molecule has 1 saturated carbocycles. The summed E-state index contributed by atoms with van der Waals surface area (Å²) in [6.07, 6.45) is 5.30. The first kappa shape index (κ1) is 12.4. The maximum absolute atomic E-state index is 6.27. The average Bonchev–Trinajstić information content (AvgIpc) is 2.51. The van der Waals surface area contributed by atoms with E-state index in [9.17, 15) is 0 Å². The topological polar surface area (TPSA) is 29.3 Å². The van der Waals surface area contributed by atoms with Crippen LogP contribution in [0.15, 0.2) is 0 Å². The lowest BCUT2D eigenvalue weighted by Gasteiger charge is -2.36. The molecule has 2 fully saturated rings. The molecule has 16 heavy (non-hydrogen) atoms. The van der Waals surface area contributed by atoms with E-state index < -0.39 is 0 Å². The van der Waals surface area contributed by atoms with Crippen LogP contribution in [-0.2, 0) is 0 Å². The number of rotatable bonds is 2. The number of nitrogens with two attached hydrogens (primary N) is 1. The second kappa shape index (κ2) is 5.05. The summed E-state index contributed by atoms with van der Waals surface area (Å²) in [5, 5.41) is 0. The molecule has 0 spiro atoms. The summed E-state index contributed by atoms with van der Waals surface area (Å²) in [7, 11) is 0. The third kappa shape index (κ3) is 2.78. The van der Waals surface area contributed by atoms with Gasteiger partial charge in [0.05, 0.1) is 0 Å². The van der Waals surface area contributed by atoms with Crippen LogP contribution in [0.5, 0.6) is 0 Å². The minimum atomic E-state index is 0.458. The van der Waals surface area contributed by atoms with Crippen molar-refractivity contribution in [3.05, 3.63) is 0 Å². The molecule has 0 amide bonds. The summed E-state index contributed by atoms with van der Waals surface area (Å²) in [6.45, 7) is 9.67. The smallest absolute Gasteiger partial charge is 0.00795 e. The van der Waals surface area contributed by atoms with E-state index in [1.807, 2.05) is 0 Å². The van der Waals surface area contributed by atoms with Gasteiger partial charge in [-0.05, 0) is 50.4 Å². The summed E-state index contributed by atoms with van der Waals surface area (Å²) < 4.78 is 0. The predicted octanol–water partition coefficient (Wildman–Crippen LogP) is 2.48. The molecular formula is C14H28N2. The van der Waals surface area contributed by atoms with E-state index in [1.54, 1.807) is 0 Å². The fraction of sp³-hybridized carbons (Fsp3) is 1.00. The number of hydrogen-bond donors (Lipinski definition) is 1. The Morgan fingerprint density at radius 2 is 1.81 bits per heavy atom. The van der Waals surface area contributed by atoms with Crippen LogP contribution >= 0.6 is 0 Å². The second-order valence-corrected chi connectivity index (χ2v) is 6.49. The highest BCUT2D eigenvalue weighted by atomic mass is 15.2. The molecule has 2 heteroatoms. The zero-order chi connectivity index (χ0) is 11.7. The van der Waals surface area contributed by atoms with Crippen LogP contribution in [0.3, 0.4) is 0 Å². The fourth-order valence-corrected chi connectivity index (χ4v) is 3.67. The predicted molar refractivity (Wildman–Crippen MR) is 69.3 cm³/mol. The van der Waals surface area contributed by atoms with Gasteiger partial charge in [-0.1, -0.05) is 13.8 Å². The molecule has 0 bridgehead atoms. The van der Waals surface area contributed by atoms with Crippen LogP contribution in [0.25, 0.3) is 0 Å². The van der Waals surface area contributed by atoms with Gasteiger partial charge in [0.1, 0.15) is 0 Å². The highest BCUT2D eigenvalue weighted by molar-refractivity contribution is 4.87. The first-order valence-corrected chi connectivity index (χ1v) is 7.06. The van der Waals surface area contributed by atoms with Crippen molar-refractivity contribution in [1.82, 2.24) is 4.90 Å². The van der Waals surface area contributed by atoms with Crippen LogP contribution in [-0.4, -0.2) is 30.1 Å². The number of nitrogens with zero attached hydrogens (tertiary/aromatic N) is 1. The van der Waals surface area contributed by atoms with Gasteiger partial charge in [-0.2, -0.15) is 0 Å². The number of likely N-dealkylation sites (tertiary alicyclic amines) is 1. The van der Waals surface area contributed by atoms with E-state index in [-0.39, 0.29) is 0 Å². The third-order valence-corrected chi connectivity index (χ3v) is 4.69. The van der Waals surface area contributed by atoms with Gasteiger partial charge in [0.25, 0.3) is 0 Å². The molecule has 5 unspecified atom stereocenters. The van der Waals surface area contributed by atoms with E-state index in [1.165, 1.54) is 38.8 Å². The molecular weight excluding hydrogens is 196 g/mol. The van der Waals surface area contributed by atoms with Crippen molar-refractivity contribution in [1.29, 1.82) is 0 Å². The molecule has 2 rings (SSSR count). The quantitative estimate of drug-likeness (QED) is 0.781. The molecule has 1 heterocycles. The first-order chi connectivity index (χ1) is 7.56. The van der Waals surface area contributed by atoms with Crippen LogP contribution < -0.4 is 5.73 Å². The molecule has 2 aliphatic rings. The Morgan fingerprint density at radius 1 is 1.06 bits per heavy atom. The summed E-state index contributed by atoms with van der Waals surface area (Å²) >= 11 is 0. The van der Waals surface area contributed by atoms with Crippen molar-refractivity contribution in [2.75, 3.05) is 13.1 Å². The lowest BCUT2D eigenvalue weighted by Crippen LogP contribution is -2.43. The van der Waals surface area contributed by atoms with E-state index >= 15 is 0 Å². The van der Waals surface area contributed by atoms with Crippen molar-refractivity contribution < 1.29 is 0 Å². The summed E-state index contributed by atoms with van der Waals surface area (Å²) in [5.74, 6) is 2.52. The van der Waals surface area contributed by atoms with Gasteiger partial charge in [0, 0.05) is 25.2 Å². The molecule has 0 aromatic heterocycles. The highest BCUT2D eigenvalue weighted by Crippen LogP contribution is 2.31. The largest absolute Gasteiger partial charge is 0.327 e. The third-order valence-electron chi connectivity index (χ3n) is 4.69. The van der Waals surface area contributed by atoms with Crippen LogP contribution in [0.2, 0.25) is 0 Å². The van der Waals surface area contributed by atoms with Crippen molar-refractivity contribution in [3.8, 4) is 0 Å². The van der Waals surface area contributed by atoms with E-state index in [4.69, 9.17) is 5.73 Å². The molecule has 2 nitrogen and oxygen atoms in total. The maximum atomic E-state index is 6.27. The van der Waals surface area contributed by atoms with Gasteiger partial charge in [0.2, 0.25) is 0 Å². The Hall–Kier alpha value is -0.0800. The Bertz CT molecular complexity index is 229. The van der Waals surface area contributed by atoms with Crippen molar-refractivity contribution in [2.24, 2.45) is 23.5 Å². The molecule has 1 aliphatic heterocycles. The van der Waals surface area contributed by atoms with Gasteiger partial charge in [-0.15, -0.1) is 0 Å². The normalized spacial score (nSPS) is 46.1. The van der Waals surface area contributed by atoms with Crippen molar-refractivity contribution >= 4 is 0 Å². The van der Waals surface area contributed by atoms with E-state index in [2.05, 4.69) is 25.7 Å². The lowest BCUT2D eigenvalue weighted by molar-refractivity contribution is 0.156. The summed E-state index contributed by atoms with van der Waals surface area (Å²) in [5.41, 5.74) is 6.27. The van der Waals surface area contributed by atoms with Crippen LogP contribution in [0.4, 0.5) is 0 Å². The Labute approximate surface area is 101 Å². The Morgan fingerprint density at radius 3 is 2.44 bits per heavy atom. The van der Waals surface area contributed by atoms with Gasteiger partial charge >= 0.3 is 0 Å². The molecule has 0 aromatic carbocycles. The molecule has 5 atom stereocenters. The molecule has 0 aromatic rings. The van der Waals surface area contributed by atoms with E-state index in [0.717, 1.165) is 23.8 Å². The zero-order valence-corrected chi connectivity index (χ0v) is 11.2. The highest BCUT2D eigenvalue weighted by Gasteiger charge is 2.32. The maximum Gasteiger partial charge on any atom is 0.00795 e. The summed E-state index contributed by atoms with van der Waals surface area (Å²) in [4.78, 5) is 2.67. The van der Waals surface area contributed by atoms with Gasteiger partial charge in [-0.25, -0.2) is 0 Å². The SMILES string of the molecule is CC1CCC(N)C(CN2CC(C)CC2C)C1. The molecule has 0 radical (unpaired) electrons. The van der Waals surface area contributed by atoms with Gasteiger partial charge in [0.15, 0.2) is 0 Å². The monoisotopic (exact) mass is 224 g/mol. The molecule has 1 saturated heterocycles. The van der Waals surface area contributed by atoms with Crippen molar-refractivity contribution in [3.63, 3.8) is 0 Å². The standard InChI is InChI=1S/C14H28N2/c1-10-4-5-14(15)13(7-10)9-16-8-11(2)6-12(16)3/h10-14H,4-9,15H2,1-3H3. The van der Waals surface area contributed by atoms with Crippen molar-refractivity contribution in [2.45, 2.75) is 58.5 Å². The Kier molecular flexibility index (Phi) is 3.91. The second-order valence-electron chi connectivity index (χ2n) is 6.49. The lowest BCUT2D eigenvalue weighted by atomic mass is 9.79. The van der Waals surface area contributed by atoms with Gasteiger partial charge < -0.3 is 10.6 Å². The molecule has 2 N–H and O–H groups in total. The van der Waals surface area contributed by atoms with Gasteiger partial charge in [-0.3, -0.25) is 0 Å². The molecule has 94 valence electrons. The minimum absolute atomic E-state index is 0.458.